The van der Waals surface area contributed by atoms with E-state index in [1.54, 1.807) is 0 Å². The summed E-state index contributed by atoms with van der Waals surface area (Å²) < 4.78 is 1.95. The Kier molecular flexibility index (Phi) is 6.30. The second-order valence-corrected chi connectivity index (χ2v) is 7.09. The summed E-state index contributed by atoms with van der Waals surface area (Å²) in [5, 5.41) is 12.7. The summed E-state index contributed by atoms with van der Waals surface area (Å²) in [6.07, 6.45) is 0.771. The van der Waals surface area contributed by atoms with E-state index in [1.807, 2.05) is 66.1 Å². The van der Waals surface area contributed by atoms with Crippen molar-refractivity contribution in [2.45, 2.75) is 18.5 Å². The molecule has 0 unspecified atom stereocenters. The molecular formula is C19H19ClN4OS. The number of amides is 1. The Morgan fingerprint density at radius 3 is 2.58 bits per heavy atom. The number of carbonyl (C=O) groups is 1. The van der Waals surface area contributed by atoms with E-state index < -0.39 is 0 Å². The topological polar surface area (TPSA) is 59.8 Å². The van der Waals surface area contributed by atoms with Gasteiger partial charge in [0, 0.05) is 17.3 Å². The van der Waals surface area contributed by atoms with Gasteiger partial charge in [0.1, 0.15) is 5.82 Å². The number of halogens is 1. The number of benzene rings is 2. The number of nitrogens with zero attached hydrogens (tertiary/aromatic N) is 3. The van der Waals surface area contributed by atoms with E-state index in [9.17, 15) is 4.79 Å². The third-order valence-corrected chi connectivity index (χ3v) is 4.97. The number of nitrogens with one attached hydrogen (secondary N) is 1. The van der Waals surface area contributed by atoms with Gasteiger partial charge in [-0.05, 0) is 43.2 Å². The van der Waals surface area contributed by atoms with Crippen molar-refractivity contribution in [2.75, 3.05) is 12.3 Å². The molecule has 0 aliphatic rings. The Balaban J connectivity index is 1.51. The maximum absolute atomic E-state index is 12.1. The molecule has 0 atom stereocenters. The Bertz CT molecular complexity index is 865. The maximum atomic E-state index is 12.1. The van der Waals surface area contributed by atoms with Crippen molar-refractivity contribution in [3.8, 4) is 5.69 Å². The molecule has 0 saturated carbocycles. The van der Waals surface area contributed by atoms with Crippen LogP contribution in [0.1, 0.15) is 11.4 Å². The van der Waals surface area contributed by atoms with E-state index in [0.29, 0.717) is 22.5 Å². The van der Waals surface area contributed by atoms with Crippen LogP contribution in [0.25, 0.3) is 5.69 Å². The van der Waals surface area contributed by atoms with Crippen LogP contribution < -0.4 is 5.32 Å². The summed E-state index contributed by atoms with van der Waals surface area (Å²) >= 11 is 7.25. The molecule has 0 bridgehead atoms. The van der Waals surface area contributed by atoms with Gasteiger partial charge in [-0.1, -0.05) is 53.7 Å². The molecule has 2 aromatic carbocycles. The van der Waals surface area contributed by atoms with Crippen molar-refractivity contribution < 1.29 is 4.79 Å². The van der Waals surface area contributed by atoms with Gasteiger partial charge in [-0.15, -0.1) is 10.2 Å². The van der Waals surface area contributed by atoms with Crippen LogP contribution in [0.4, 0.5) is 0 Å². The fourth-order valence-corrected chi connectivity index (χ4v) is 3.44. The number of thioether (sulfide) groups is 1. The monoisotopic (exact) mass is 386 g/mol. The number of aromatic nitrogens is 3. The molecule has 0 aliphatic carbocycles. The fourth-order valence-electron chi connectivity index (χ4n) is 2.49. The summed E-state index contributed by atoms with van der Waals surface area (Å²) in [4.78, 5) is 12.1. The molecule has 1 N–H and O–H groups in total. The first kappa shape index (κ1) is 18.5. The van der Waals surface area contributed by atoms with E-state index in [4.69, 9.17) is 11.6 Å². The van der Waals surface area contributed by atoms with E-state index >= 15 is 0 Å². The van der Waals surface area contributed by atoms with Crippen LogP contribution in [0.3, 0.4) is 0 Å². The highest BCUT2D eigenvalue weighted by molar-refractivity contribution is 7.99. The summed E-state index contributed by atoms with van der Waals surface area (Å²) in [6.45, 7) is 2.49. The minimum Gasteiger partial charge on any atom is -0.355 e. The molecule has 0 spiro atoms. The second kappa shape index (κ2) is 8.87. The average Bonchev–Trinajstić information content (AvgIpc) is 3.03. The largest absolute Gasteiger partial charge is 0.355 e. The smallest absolute Gasteiger partial charge is 0.230 e. The Labute approximate surface area is 161 Å². The predicted molar refractivity (Wildman–Crippen MR) is 105 cm³/mol. The van der Waals surface area contributed by atoms with Gasteiger partial charge in [-0.25, -0.2) is 0 Å². The van der Waals surface area contributed by atoms with Gasteiger partial charge in [-0.3, -0.25) is 9.36 Å². The molecule has 26 heavy (non-hydrogen) atoms. The number of hydrogen-bond acceptors (Lipinski definition) is 4. The summed E-state index contributed by atoms with van der Waals surface area (Å²) in [5.74, 6) is 1.07. The molecule has 1 amide bonds. The van der Waals surface area contributed by atoms with Gasteiger partial charge in [0.05, 0.1) is 5.75 Å². The molecule has 0 aliphatic heterocycles. The van der Waals surface area contributed by atoms with Crippen LogP contribution in [-0.4, -0.2) is 33.0 Å². The third-order valence-electron chi connectivity index (χ3n) is 3.79. The maximum Gasteiger partial charge on any atom is 0.230 e. The van der Waals surface area contributed by atoms with Gasteiger partial charge in [0.15, 0.2) is 5.16 Å². The zero-order chi connectivity index (χ0) is 18.4. The van der Waals surface area contributed by atoms with Crippen molar-refractivity contribution in [1.29, 1.82) is 0 Å². The molecule has 1 heterocycles. The molecule has 0 saturated heterocycles. The van der Waals surface area contributed by atoms with E-state index in [0.717, 1.165) is 23.5 Å². The second-order valence-electron chi connectivity index (χ2n) is 5.72. The van der Waals surface area contributed by atoms with Crippen molar-refractivity contribution in [3.05, 3.63) is 71.0 Å². The SMILES string of the molecule is Cc1nnc(SCC(=O)NCCc2ccc(Cl)cc2)n1-c1ccccc1. The number of rotatable bonds is 7. The molecule has 134 valence electrons. The first-order chi connectivity index (χ1) is 12.6. The minimum absolute atomic E-state index is 0.0239. The van der Waals surface area contributed by atoms with Gasteiger partial charge in [0.25, 0.3) is 0 Å². The van der Waals surface area contributed by atoms with E-state index in [-0.39, 0.29) is 5.91 Å². The third kappa shape index (κ3) is 4.86. The van der Waals surface area contributed by atoms with Crippen LogP contribution in [0.2, 0.25) is 5.02 Å². The standard InChI is InChI=1S/C19H19ClN4OS/c1-14-22-23-19(24(14)17-5-3-2-4-6-17)26-13-18(25)21-12-11-15-7-9-16(20)10-8-15/h2-10H,11-13H2,1H3,(H,21,25). The molecule has 5 nitrogen and oxygen atoms in total. The number of hydrogen-bond donors (Lipinski definition) is 1. The van der Waals surface area contributed by atoms with Gasteiger partial charge in [0.2, 0.25) is 5.91 Å². The highest BCUT2D eigenvalue weighted by Gasteiger charge is 2.13. The lowest BCUT2D eigenvalue weighted by molar-refractivity contribution is -0.118. The quantitative estimate of drug-likeness (QED) is 0.629. The summed E-state index contributed by atoms with van der Waals surface area (Å²) in [5.41, 5.74) is 2.13. The fraction of sp³-hybridized carbons (Fsp3) is 0.211. The molecule has 0 radical (unpaired) electrons. The molecule has 3 rings (SSSR count). The van der Waals surface area contributed by atoms with Crippen molar-refractivity contribution >= 4 is 29.3 Å². The zero-order valence-electron chi connectivity index (χ0n) is 14.4. The lowest BCUT2D eigenvalue weighted by Crippen LogP contribution is -2.27. The van der Waals surface area contributed by atoms with Gasteiger partial charge in [-0.2, -0.15) is 0 Å². The van der Waals surface area contributed by atoms with Gasteiger partial charge >= 0.3 is 0 Å². The van der Waals surface area contributed by atoms with Crippen molar-refractivity contribution in [1.82, 2.24) is 20.1 Å². The van der Waals surface area contributed by atoms with E-state index in [1.165, 1.54) is 11.8 Å². The predicted octanol–water partition coefficient (Wildman–Crippen LogP) is 3.68. The molecule has 3 aromatic rings. The van der Waals surface area contributed by atoms with Crippen LogP contribution >= 0.6 is 23.4 Å². The van der Waals surface area contributed by atoms with Crippen LogP contribution in [-0.2, 0) is 11.2 Å². The molecule has 0 fully saturated rings. The lowest BCUT2D eigenvalue weighted by atomic mass is 10.1. The summed E-state index contributed by atoms with van der Waals surface area (Å²) in [6, 6.07) is 17.5. The van der Waals surface area contributed by atoms with Crippen LogP contribution in [0, 0.1) is 6.92 Å². The minimum atomic E-state index is -0.0239. The zero-order valence-corrected chi connectivity index (χ0v) is 15.9. The lowest BCUT2D eigenvalue weighted by Gasteiger charge is -2.08. The Morgan fingerprint density at radius 2 is 1.85 bits per heavy atom. The Hall–Kier alpha value is -2.31. The summed E-state index contributed by atoms with van der Waals surface area (Å²) in [7, 11) is 0. The molecule has 1 aromatic heterocycles. The molecular weight excluding hydrogens is 368 g/mol. The number of carbonyl (C=O) groups excluding carboxylic acids is 1. The highest BCUT2D eigenvalue weighted by atomic mass is 35.5. The molecule has 7 heteroatoms. The van der Waals surface area contributed by atoms with Crippen molar-refractivity contribution in [3.63, 3.8) is 0 Å². The van der Waals surface area contributed by atoms with Crippen molar-refractivity contribution in [2.24, 2.45) is 0 Å². The Morgan fingerprint density at radius 1 is 1.12 bits per heavy atom. The van der Waals surface area contributed by atoms with E-state index in [2.05, 4.69) is 15.5 Å². The van der Waals surface area contributed by atoms with Crippen LogP contribution in [0.15, 0.2) is 59.8 Å². The normalized spacial score (nSPS) is 10.7. The van der Waals surface area contributed by atoms with Gasteiger partial charge < -0.3 is 5.32 Å². The first-order valence-electron chi connectivity index (χ1n) is 8.25. The number of aryl methyl sites for hydroxylation is 1. The highest BCUT2D eigenvalue weighted by Crippen LogP contribution is 2.21. The average molecular weight is 387 g/mol. The number of para-hydroxylation sites is 1. The first-order valence-corrected chi connectivity index (χ1v) is 9.61. The van der Waals surface area contributed by atoms with Crippen LogP contribution in [0.5, 0.6) is 0 Å².